The van der Waals surface area contributed by atoms with Gasteiger partial charge in [-0.15, -0.1) is 0 Å². The van der Waals surface area contributed by atoms with Crippen LogP contribution in [0.15, 0.2) is 84.0 Å². The quantitative estimate of drug-likeness (QED) is 0.249. The zero-order valence-electron chi connectivity index (χ0n) is 22.0. The second kappa shape index (κ2) is 11.8. The third kappa shape index (κ3) is 7.10. The molecule has 8 nitrogen and oxygen atoms in total. The molecule has 0 aliphatic rings. The van der Waals surface area contributed by atoms with Crippen LogP contribution in [0.3, 0.4) is 0 Å². The first kappa shape index (κ1) is 29.3. The number of anilines is 1. The molecule has 40 heavy (non-hydrogen) atoms. The molecule has 0 bridgehead atoms. The first-order valence-electron chi connectivity index (χ1n) is 12.2. The average molecular weight is 601 g/mol. The summed E-state index contributed by atoms with van der Waals surface area (Å²) in [7, 11) is -4.31. The number of carbonyl (C=O) groups is 2. The number of hydrogen-bond donors (Lipinski definition) is 1. The first-order chi connectivity index (χ1) is 18.8. The summed E-state index contributed by atoms with van der Waals surface area (Å²) in [6, 6.07) is 17.5. The van der Waals surface area contributed by atoms with E-state index in [0.717, 1.165) is 9.87 Å². The van der Waals surface area contributed by atoms with Crippen molar-refractivity contribution in [3.05, 3.63) is 100 Å². The Morgan fingerprint density at radius 2 is 1.70 bits per heavy atom. The van der Waals surface area contributed by atoms with E-state index in [1.165, 1.54) is 24.3 Å². The van der Waals surface area contributed by atoms with Crippen molar-refractivity contribution in [2.75, 3.05) is 10.8 Å². The second-order valence-electron chi connectivity index (χ2n) is 9.96. The Kier molecular flexibility index (Phi) is 8.68. The Bertz CT molecular complexity index is 1650. The van der Waals surface area contributed by atoms with E-state index in [1.807, 2.05) is 6.07 Å². The van der Waals surface area contributed by atoms with Gasteiger partial charge in [-0.3, -0.25) is 18.9 Å². The first-order valence-corrected chi connectivity index (χ1v) is 14.4. The number of fused-ring (bicyclic) bond motifs is 1. The third-order valence-electron chi connectivity index (χ3n) is 5.69. The van der Waals surface area contributed by atoms with Crippen LogP contribution in [0.1, 0.15) is 36.7 Å². The smallest absolute Gasteiger partial charge is 0.327 e. The molecular weight excluding hydrogens is 573 g/mol. The lowest BCUT2D eigenvalue weighted by Gasteiger charge is -2.27. The lowest BCUT2D eigenvalue weighted by molar-refractivity contribution is -0.152. The number of sulfonamides is 1. The molecule has 0 aliphatic carbocycles. The van der Waals surface area contributed by atoms with Crippen LogP contribution in [-0.2, 0) is 26.1 Å². The van der Waals surface area contributed by atoms with Gasteiger partial charge in [0.25, 0.3) is 15.9 Å². The molecule has 0 atom stereocenters. The molecule has 208 valence electrons. The number of aromatic nitrogens is 1. The van der Waals surface area contributed by atoms with E-state index >= 15 is 0 Å². The molecular formula is C29H27Cl2N3O5S. The molecule has 4 aromatic rings. The van der Waals surface area contributed by atoms with Gasteiger partial charge in [-0.2, -0.15) is 0 Å². The molecule has 0 radical (unpaired) electrons. The monoisotopic (exact) mass is 599 g/mol. The largest absolute Gasteiger partial charge is 0.459 e. The van der Waals surface area contributed by atoms with Crippen LogP contribution >= 0.6 is 23.2 Å². The molecule has 0 saturated heterocycles. The highest BCUT2D eigenvalue weighted by Gasteiger charge is 2.30. The summed E-state index contributed by atoms with van der Waals surface area (Å²) in [6.45, 7) is 4.78. The highest BCUT2D eigenvalue weighted by atomic mass is 35.5. The summed E-state index contributed by atoms with van der Waals surface area (Å²) >= 11 is 12.2. The van der Waals surface area contributed by atoms with E-state index in [1.54, 1.807) is 69.6 Å². The van der Waals surface area contributed by atoms with E-state index in [4.69, 9.17) is 27.9 Å². The van der Waals surface area contributed by atoms with Crippen LogP contribution < -0.4 is 9.62 Å². The van der Waals surface area contributed by atoms with E-state index < -0.39 is 28.1 Å². The van der Waals surface area contributed by atoms with E-state index in [2.05, 4.69) is 10.3 Å². The minimum absolute atomic E-state index is 0.128. The van der Waals surface area contributed by atoms with Gasteiger partial charge in [0, 0.05) is 34.5 Å². The van der Waals surface area contributed by atoms with Crippen LogP contribution in [0.2, 0.25) is 10.0 Å². The van der Waals surface area contributed by atoms with Gasteiger partial charge in [0.05, 0.1) is 10.6 Å². The van der Waals surface area contributed by atoms with Gasteiger partial charge in [-0.25, -0.2) is 8.42 Å². The number of carbonyl (C=O) groups excluding carboxylic acids is 2. The van der Waals surface area contributed by atoms with Crippen LogP contribution in [0.5, 0.6) is 0 Å². The van der Waals surface area contributed by atoms with Gasteiger partial charge < -0.3 is 10.1 Å². The molecule has 0 spiro atoms. The normalized spacial score (nSPS) is 11.7. The number of nitrogens with zero attached hydrogens (tertiary/aromatic N) is 2. The third-order valence-corrected chi connectivity index (χ3v) is 7.88. The molecule has 1 heterocycles. The van der Waals surface area contributed by atoms with Crippen LogP contribution in [-0.4, -0.2) is 37.4 Å². The number of nitrogens with one attached hydrogen (secondary N) is 1. The molecule has 3 aromatic carbocycles. The fraction of sp³-hybridized carbons (Fsp3) is 0.207. The van der Waals surface area contributed by atoms with Crippen molar-refractivity contribution in [3.8, 4) is 0 Å². The van der Waals surface area contributed by atoms with Gasteiger partial charge in [-0.05, 0) is 79.6 Å². The van der Waals surface area contributed by atoms with E-state index in [9.17, 15) is 18.0 Å². The Hall–Kier alpha value is -3.66. The molecule has 11 heteroatoms. The highest BCUT2D eigenvalue weighted by Crippen LogP contribution is 2.31. The fourth-order valence-electron chi connectivity index (χ4n) is 4.02. The lowest BCUT2D eigenvalue weighted by atomic mass is 10.0. The molecule has 1 aromatic heterocycles. The fourth-order valence-corrected chi connectivity index (χ4v) is 6.14. The Balaban J connectivity index is 1.72. The Labute approximate surface area is 242 Å². The summed E-state index contributed by atoms with van der Waals surface area (Å²) in [5.74, 6) is -1.04. The predicted octanol–water partition coefficient (Wildman–Crippen LogP) is 6.01. The van der Waals surface area contributed by atoms with E-state index in [-0.39, 0.29) is 26.5 Å². The summed E-state index contributed by atoms with van der Waals surface area (Å²) in [4.78, 5) is 29.7. The number of pyridine rings is 1. The maximum Gasteiger partial charge on any atom is 0.327 e. The Morgan fingerprint density at radius 1 is 0.975 bits per heavy atom. The summed E-state index contributed by atoms with van der Waals surface area (Å²) in [5, 5.41) is 4.34. The van der Waals surface area contributed by atoms with Crippen molar-refractivity contribution in [3.63, 3.8) is 0 Å². The van der Waals surface area contributed by atoms with Crippen molar-refractivity contribution >= 4 is 61.6 Å². The minimum atomic E-state index is -4.31. The number of benzene rings is 3. The van der Waals surface area contributed by atoms with Crippen molar-refractivity contribution in [1.82, 2.24) is 10.3 Å². The van der Waals surface area contributed by atoms with Gasteiger partial charge in [0.2, 0.25) is 0 Å². The number of halogens is 2. The topological polar surface area (TPSA) is 106 Å². The van der Waals surface area contributed by atoms with Crippen LogP contribution in [0.4, 0.5) is 5.69 Å². The van der Waals surface area contributed by atoms with E-state index in [0.29, 0.717) is 22.9 Å². The minimum Gasteiger partial charge on any atom is -0.459 e. The van der Waals surface area contributed by atoms with Gasteiger partial charge in [0.1, 0.15) is 12.1 Å². The van der Waals surface area contributed by atoms with Gasteiger partial charge in [-0.1, -0.05) is 47.5 Å². The molecule has 0 saturated carbocycles. The maximum absolute atomic E-state index is 13.8. The van der Waals surface area contributed by atoms with Crippen molar-refractivity contribution in [1.29, 1.82) is 0 Å². The number of ether oxygens (including phenoxy) is 1. The zero-order valence-corrected chi connectivity index (χ0v) is 24.3. The maximum atomic E-state index is 13.8. The van der Waals surface area contributed by atoms with Crippen LogP contribution in [0.25, 0.3) is 10.8 Å². The molecule has 0 fully saturated rings. The molecule has 1 amide bonds. The SMILES string of the molecule is CC(C)(C)OC(=O)CN(c1ccc2c(C(=O)NCc3cccnc3)cccc2c1)S(=O)(=O)c1cc(Cl)cc(Cl)c1. The molecule has 0 unspecified atom stereocenters. The number of esters is 1. The van der Waals surface area contributed by atoms with Crippen molar-refractivity contribution in [2.45, 2.75) is 37.8 Å². The number of hydrogen-bond acceptors (Lipinski definition) is 6. The number of amides is 1. The number of rotatable bonds is 8. The summed E-state index contributed by atoms with van der Waals surface area (Å²) < 4.78 is 34.0. The summed E-state index contributed by atoms with van der Waals surface area (Å²) in [6.07, 6.45) is 3.32. The molecule has 1 N–H and O–H groups in total. The Morgan fingerprint density at radius 3 is 2.35 bits per heavy atom. The average Bonchev–Trinajstić information content (AvgIpc) is 2.88. The summed E-state index contributed by atoms with van der Waals surface area (Å²) in [5.41, 5.74) is 0.633. The highest BCUT2D eigenvalue weighted by molar-refractivity contribution is 7.92. The lowest BCUT2D eigenvalue weighted by Crippen LogP contribution is -2.39. The van der Waals surface area contributed by atoms with Crippen molar-refractivity contribution < 1.29 is 22.7 Å². The van der Waals surface area contributed by atoms with Gasteiger partial charge >= 0.3 is 5.97 Å². The predicted molar refractivity (Wildman–Crippen MR) is 156 cm³/mol. The zero-order chi connectivity index (χ0) is 29.1. The molecule has 4 rings (SSSR count). The van der Waals surface area contributed by atoms with Crippen LogP contribution in [0, 0.1) is 0 Å². The molecule has 0 aliphatic heterocycles. The van der Waals surface area contributed by atoms with Crippen molar-refractivity contribution in [2.24, 2.45) is 0 Å². The standard InChI is InChI=1S/C29H27Cl2N3O5S/c1-29(2,3)39-27(35)18-34(40(37,38)24-14-21(30)13-22(31)15-24)23-9-10-25-20(12-23)7-4-8-26(25)28(36)33-17-19-6-5-11-32-16-19/h4-16H,17-18H2,1-3H3,(H,33,36). The second-order valence-corrected chi connectivity index (χ2v) is 12.7. The van der Waals surface area contributed by atoms with Gasteiger partial charge in [0.15, 0.2) is 0 Å².